The zero-order valence-corrected chi connectivity index (χ0v) is 11.4. The van der Waals surface area contributed by atoms with Crippen LogP contribution in [0.4, 0.5) is 0 Å². The molecule has 1 aromatic carbocycles. The second-order valence-electron chi connectivity index (χ2n) is 4.82. The number of carboxylic acid groups (broad SMARTS) is 1. The van der Waals surface area contributed by atoms with E-state index in [9.17, 15) is 14.7 Å². The van der Waals surface area contributed by atoms with E-state index < -0.39 is 5.97 Å². The lowest BCUT2D eigenvalue weighted by molar-refractivity contribution is -0.136. The van der Waals surface area contributed by atoms with Crippen molar-refractivity contribution < 1.29 is 19.4 Å². The minimum Gasteiger partial charge on any atom is -0.476 e. The van der Waals surface area contributed by atoms with Crippen molar-refractivity contribution in [2.45, 2.75) is 6.54 Å². The second kappa shape index (κ2) is 5.53. The first kappa shape index (κ1) is 13.6. The molecule has 1 saturated heterocycles. The highest BCUT2D eigenvalue weighted by molar-refractivity contribution is 6.01. The summed E-state index contributed by atoms with van der Waals surface area (Å²) in [5, 5.41) is 13.8. The third kappa shape index (κ3) is 2.59. The number of aromatic nitrogens is 2. The number of carboxylic acids is 1. The van der Waals surface area contributed by atoms with Crippen LogP contribution in [0.2, 0.25) is 0 Å². The van der Waals surface area contributed by atoms with Crippen molar-refractivity contribution in [2.75, 3.05) is 26.3 Å². The summed E-state index contributed by atoms with van der Waals surface area (Å²) < 4.78 is 6.67. The Kier molecular flexibility index (Phi) is 3.57. The molecule has 0 radical (unpaired) electrons. The van der Waals surface area contributed by atoms with Crippen LogP contribution in [0, 0.1) is 0 Å². The predicted molar refractivity (Wildman–Crippen MR) is 74.1 cm³/mol. The summed E-state index contributed by atoms with van der Waals surface area (Å²) in [6.07, 6.45) is 0. The quantitative estimate of drug-likeness (QED) is 0.894. The molecular formula is C14H15N3O4. The highest BCUT2D eigenvalue weighted by Crippen LogP contribution is 2.18. The van der Waals surface area contributed by atoms with Crippen LogP contribution in [0.25, 0.3) is 10.9 Å². The summed E-state index contributed by atoms with van der Waals surface area (Å²) in [7, 11) is 0. The minimum atomic E-state index is -1.09. The fourth-order valence-corrected chi connectivity index (χ4v) is 2.45. The van der Waals surface area contributed by atoms with Crippen molar-refractivity contribution in [3.63, 3.8) is 0 Å². The molecule has 0 aliphatic carbocycles. The van der Waals surface area contributed by atoms with Crippen molar-refractivity contribution in [1.82, 2.24) is 14.7 Å². The zero-order valence-electron chi connectivity index (χ0n) is 11.4. The number of carbonyl (C=O) groups excluding carboxylic acids is 1. The smallest absolute Gasteiger partial charge is 0.357 e. The number of rotatable bonds is 3. The molecule has 0 unspecified atom stereocenters. The summed E-state index contributed by atoms with van der Waals surface area (Å²) in [5.74, 6) is -1.17. The molecule has 0 bridgehead atoms. The molecule has 1 aliphatic heterocycles. The minimum absolute atomic E-state index is 0.0274. The van der Waals surface area contributed by atoms with Crippen LogP contribution >= 0.6 is 0 Å². The van der Waals surface area contributed by atoms with E-state index >= 15 is 0 Å². The van der Waals surface area contributed by atoms with Crippen LogP contribution in [0.1, 0.15) is 10.5 Å². The molecule has 3 rings (SSSR count). The molecule has 21 heavy (non-hydrogen) atoms. The van der Waals surface area contributed by atoms with Gasteiger partial charge >= 0.3 is 5.97 Å². The standard InChI is InChI=1S/C14H15N3O4/c18-12(16-5-7-21-8-6-16)9-17-11-4-2-1-3-10(11)13(15-17)14(19)20/h1-4H,5-9H2,(H,19,20). The van der Waals surface area contributed by atoms with Gasteiger partial charge in [-0.1, -0.05) is 18.2 Å². The van der Waals surface area contributed by atoms with Crippen LogP contribution in [0.15, 0.2) is 24.3 Å². The van der Waals surface area contributed by atoms with Gasteiger partial charge in [-0.15, -0.1) is 0 Å². The van der Waals surface area contributed by atoms with E-state index in [1.807, 2.05) is 0 Å². The van der Waals surface area contributed by atoms with Crippen molar-refractivity contribution in [1.29, 1.82) is 0 Å². The SMILES string of the molecule is O=C(O)c1nn(CC(=O)N2CCOCC2)c2ccccc12. The second-order valence-corrected chi connectivity index (χ2v) is 4.82. The molecular weight excluding hydrogens is 274 g/mol. The third-order valence-electron chi connectivity index (χ3n) is 3.51. The number of benzene rings is 1. The van der Waals surface area contributed by atoms with Crippen molar-refractivity contribution in [3.8, 4) is 0 Å². The van der Waals surface area contributed by atoms with Gasteiger partial charge in [0.2, 0.25) is 5.91 Å². The van der Waals surface area contributed by atoms with E-state index in [-0.39, 0.29) is 18.1 Å². The van der Waals surface area contributed by atoms with Gasteiger partial charge in [0.05, 0.1) is 18.7 Å². The first-order valence-electron chi connectivity index (χ1n) is 6.71. The van der Waals surface area contributed by atoms with Crippen molar-refractivity contribution >= 4 is 22.8 Å². The lowest BCUT2D eigenvalue weighted by Crippen LogP contribution is -2.42. The number of hydrogen-bond donors (Lipinski definition) is 1. The number of fused-ring (bicyclic) bond motifs is 1. The van der Waals surface area contributed by atoms with Gasteiger partial charge in [-0.2, -0.15) is 5.10 Å². The van der Waals surface area contributed by atoms with Crippen LogP contribution in [-0.4, -0.2) is 58.0 Å². The molecule has 0 atom stereocenters. The number of nitrogens with zero attached hydrogens (tertiary/aromatic N) is 3. The maximum Gasteiger partial charge on any atom is 0.357 e. The maximum absolute atomic E-state index is 12.3. The van der Waals surface area contributed by atoms with Gasteiger partial charge < -0.3 is 14.7 Å². The Morgan fingerprint density at radius 1 is 1.24 bits per heavy atom. The van der Waals surface area contributed by atoms with Crippen molar-refractivity contribution in [3.05, 3.63) is 30.0 Å². The van der Waals surface area contributed by atoms with Crippen LogP contribution in [0.3, 0.4) is 0 Å². The Morgan fingerprint density at radius 2 is 1.95 bits per heavy atom. The average molecular weight is 289 g/mol. The first-order chi connectivity index (χ1) is 10.2. The van der Waals surface area contributed by atoms with E-state index in [4.69, 9.17) is 4.74 Å². The Balaban J connectivity index is 1.90. The fraction of sp³-hybridized carbons (Fsp3) is 0.357. The highest BCUT2D eigenvalue weighted by atomic mass is 16.5. The lowest BCUT2D eigenvalue weighted by Gasteiger charge is -2.26. The molecule has 2 heterocycles. The molecule has 7 heteroatoms. The van der Waals surface area contributed by atoms with E-state index in [2.05, 4.69) is 5.10 Å². The lowest BCUT2D eigenvalue weighted by atomic mass is 10.2. The predicted octanol–water partition coefficient (Wildman–Crippen LogP) is 0.593. The molecule has 110 valence electrons. The number of aromatic carboxylic acids is 1. The number of para-hydroxylation sites is 1. The van der Waals surface area contributed by atoms with E-state index in [1.54, 1.807) is 29.2 Å². The summed E-state index contributed by atoms with van der Waals surface area (Å²) in [4.78, 5) is 25.2. The highest BCUT2D eigenvalue weighted by Gasteiger charge is 2.21. The zero-order chi connectivity index (χ0) is 14.8. The molecule has 1 aliphatic rings. The number of hydrogen-bond acceptors (Lipinski definition) is 4. The first-order valence-corrected chi connectivity index (χ1v) is 6.71. The monoisotopic (exact) mass is 289 g/mol. The van der Waals surface area contributed by atoms with Gasteiger partial charge in [-0.25, -0.2) is 4.79 Å². The van der Waals surface area contributed by atoms with Gasteiger partial charge in [-0.3, -0.25) is 9.48 Å². The average Bonchev–Trinajstić information content (AvgIpc) is 2.87. The normalized spacial score (nSPS) is 15.3. The molecule has 1 aromatic heterocycles. The van der Waals surface area contributed by atoms with Crippen LogP contribution < -0.4 is 0 Å². The summed E-state index contributed by atoms with van der Waals surface area (Å²) >= 11 is 0. The number of ether oxygens (including phenoxy) is 1. The molecule has 1 amide bonds. The van der Waals surface area contributed by atoms with E-state index in [0.29, 0.717) is 37.2 Å². The molecule has 0 spiro atoms. The molecule has 1 N–H and O–H groups in total. The Morgan fingerprint density at radius 3 is 2.67 bits per heavy atom. The van der Waals surface area contributed by atoms with Gasteiger partial charge in [0, 0.05) is 18.5 Å². The molecule has 2 aromatic rings. The summed E-state index contributed by atoms with van der Waals surface area (Å²) in [5.41, 5.74) is 0.622. The number of morpholine rings is 1. The van der Waals surface area contributed by atoms with E-state index in [0.717, 1.165) is 0 Å². The Labute approximate surface area is 120 Å². The van der Waals surface area contributed by atoms with Gasteiger partial charge in [0.25, 0.3) is 0 Å². The maximum atomic E-state index is 12.3. The Hall–Kier alpha value is -2.41. The van der Waals surface area contributed by atoms with Gasteiger partial charge in [0.15, 0.2) is 5.69 Å². The van der Waals surface area contributed by atoms with Crippen LogP contribution in [0.5, 0.6) is 0 Å². The van der Waals surface area contributed by atoms with Gasteiger partial charge in [-0.05, 0) is 6.07 Å². The molecule has 0 saturated carbocycles. The largest absolute Gasteiger partial charge is 0.476 e. The Bertz CT molecular complexity index is 689. The third-order valence-corrected chi connectivity index (χ3v) is 3.51. The van der Waals surface area contributed by atoms with E-state index in [1.165, 1.54) is 4.68 Å². The van der Waals surface area contributed by atoms with Crippen LogP contribution in [-0.2, 0) is 16.1 Å². The molecule has 1 fully saturated rings. The number of amides is 1. The fourth-order valence-electron chi connectivity index (χ4n) is 2.45. The van der Waals surface area contributed by atoms with Crippen molar-refractivity contribution in [2.24, 2.45) is 0 Å². The summed E-state index contributed by atoms with van der Waals surface area (Å²) in [6, 6.07) is 7.01. The topological polar surface area (TPSA) is 84.7 Å². The number of carbonyl (C=O) groups is 2. The summed E-state index contributed by atoms with van der Waals surface area (Å²) in [6.45, 7) is 2.22. The van der Waals surface area contributed by atoms with Gasteiger partial charge in [0.1, 0.15) is 6.54 Å². The molecule has 7 nitrogen and oxygen atoms in total.